The fourth-order valence-electron chi connectivity index (χ4n) is 2.81. The van der Waals surface area contributed by atoms with Crippen LogP contribution in [0.5, 0.6) is 0 Å². The zero-order valence-electron chi connectivity index (χ0n) is 13.8. The average molecular weight is 304 g/mol. The molecule has 0 aliphatic heterocycles. The summed E-state index contributed by atoms with van der Waals surface area (Å²) in [5.74, 6) is -0.0916. The zero-order chi connectivity index (χ0) is 15.8. The Balaban J connectivity index is 1.83. The van der Waals surface area contributed by atoms with E-state index < -0.39 is 0 Å². The van der Waals surface area contributed by atoms with E-state index in [0.717, 1.165) is 18.7 Å². The van der Waals surface area contributed by atoms with E-state index in [0.29, 0.717) is 18.3 Å². The molecule has 1 heterocycles. The van der Waals surface area contributed by atoms with E-state index in [1.807, 2.05) is 26.2 Å². The summed E-state index contributed by atoms with van der Waals surface area (Å²) in [7, 11) is 4.06. The first-order valence-corrected chi connectivity index (χ1v) is 8.30. The number of nitrogens with zero attached hydrogens (tertiary/aromatic N) is 2. The first-order valence-electron chi connectivity index (χ1n) is 8.30. The summed E-state index contributed by atoms with van der Waals surface area (Å²) >= 11 is 0. The standard InChI is InChI=1S/C17H28N4O/c1-21(2)12-6-10-19-17(22)16-13-15(9-11-18-16)20-14-7-4-3-5-8-14/h9,11,13-14H,3-8,10,12H2,1-2H3,(H,18,20)(H,19,22). The summed E-state index contributed by atoms with van der Waals surface area (Å²) in [4.78, 5) is 18.4. The van der Waals surface area contributed by atoms with Crippen molar-refractivity contribution < 1.29 is 4.79 Å². The molecule has 0 bridgehead atoms. The predicted molar refractivity (Wildman–Crippen MR) is 90.2 cm³/mol. The van der Waals surface area contributed by atoms with E-state index in [4.69, 9.17) is 0 Å². The maximum absolute atomic E-state index is 12.1. The van der Waals surface area contributed by atoms with Crippen LogP contribution in [0.1, 0.15) is 49.0 Å². The van der Waals surface area contributed by atoms with Crippen molar-refractivity contribution in [2.75, 3.05) is 32.5 Å². The van der Waals surface area contributed by atoms with E-state index >= 15 is 0 Å². The lowest BCUT2D eigenvalue weighted by atomic mass is 9.95. The van der Waals surface area contributed by atoms with Gasteiger partial charge < -0.3 is 15.5 Å². The minimum absolute atomic E-state index is 0.0916. The molecule has 1 fully saturated rings. The van der Waals surface area contributed by atoms with E-state index in [1.165, 1.54) is 32.1 Å². The number of rotatable bonds is 7. The number of anilines is 1. The Morgan fingerprint density at radius 1 is 1.32 bits per heavy atom. The maximum Gasteiger partial charge on any atom is 0.269 e. The van der Waals surface area contributed by atoms with Crippen molar-refractivity contribution in [1.29, 1.82) is 0 Å². The Bertz CT molecular complexity index is 469. The largest absolute Gasteiger partial charge is 0.382 e. The average Bonchev–Trinajstić information content (AvgIpc) is 2.52. The Labute approximate surface area is 133 Å². The third kappa shape index (κ3) is 5.64. The molecule has 0 saturated heterocycles. The van der Waals surface area contributed by atoms with E-state index in [1.54, 1.807) is 6.20 Å². The molecule has 1 amide bonds. The van der Waals surface area contributed by atoms with Crippen LogP contribution in [0.15, 0.2) is 18.3 Å². The number of hydrogen-bond donors (Lipinski definition) is 2. The molecular weight excluding hydrogens is 276 g/mol. The minimum atomic E-state index is -0.0916. The van der Waals surface area contributed by atoms with Gasteiger partial charge in [-0.3, -0.25) is 9.78 Å². The van der Waals surface area contributed by atoms with Crippen molar-refractivity contribution in [2.24, 2.45) is 0 Å². The van der Waals surface area contributed by atoms with Crippen LogP contribution in [-0.2, 0) is 0 Å². The molecule has 2 rings (SSSR count). The van der Waals surface area contributed by atoms with Gasteiger partial charge in [-0.15, -0.1) is 0 Å². The lowest BCUT2D eigenvalue weighted by molar-refractivity contribution is 0.0947. The maximum atomic E-state index is 12.1. The Hall–Kier alpha value is -1.62. The van der Waals surface area contributed by atoms with Gasteiger partial charge in [-0.1, -0.05) is 19.3 Å². The number of amides is 1. The van der Waals surface area contributed by atoms with Crippen LogP contribution in [0.2, 0.25) is 0 Å². The van der Waals surface area contributed by atoms with Crippen molar-refractivity contribution in [3.63, 3.8) is 0 Å². The molecule has 1 aliphatic rings. The van der Waals surface area contributed by atoms with Crippen molar-refractivity contribution in [3.05, 3.63) is 24.0 Å². The number of hydrogen-bond acceptors (Lipinski definition) is 4. The van der Waals surface area contributed by atoms with Gasteiger partial charge in [0, 0.05) is 24.5 Å². The lowest BCUT2D eigenvalue weighted by Gasteiger charge is -2.23. The fourth-order valence-corrected chi connectivity index (χ4v) is 2.81. The highest BCUT2D eigenvalue weighted by molar-refractivity contribution is 5.93. The molecule has 122 valence electrons. The molecule has 1 aromatic heterocycles. The third-order valence-electron chi connectivity index (χ3n) is 4.04. The van der Waals surface area contributed by atoms with Gasteiger partial charge in [0.05, 0.1) is 0 Å². The van der Waals surface area contributed by atoms with E-state index in [-0.39, 0.29) is 5.91 Å². The molecule has 0 radical (unpaired) electrons. The summed E-state index contributed by atoms with van der Waals surface area (Å²) in [6.07, 6.45) is 9.01. The number of carbonyl (C=O) groups is 1. The predicted octanol–water partition coefficient (Wildman–Crippen LogP) is 2.51. The Morgan fingerprint density at radius 3 is 2.82 bits per heavy atom. The summed E-state index contributed by atoms with van der Waals surface area (Å²) in [5, 5.41) is 6.46. The second-order valence-electron chi connectivity index (χ2n) is 6.32. The molecule has 0 atom stereocenters. The van der Waals surface area contributed by atoms with Crippen molar-refractivity contribution >= 4 is 11.6 Å². The highest BCUT2D eigenvalue weighted by atomic mass is 16.1. The molecule has 0 spiro atoms. The normalized spacial score (nSPS) is 15.8. The van der Waals surface area contributed by atoms with Crippen LogP contribution >= 0.6 is 0 Å². The van der Waals surface area contributed by atoms with Gasteiger partial charge in [-0.2, -0.15) is 0 Å². The van der Waals surface area contributed by atoms with Crippen LogP contribution in [0, 0.1) is 0 Å². The third-order valence-corrected chi connectivity index (χ3v) is 4.04. The molecule has 5 nitrogen and oxygen atoms in total. The first kappa shape index (κ1) is 16.7. The molecule has 0 aromatic carbocycles. The molecule has 22 heavy (non-hydrogen) atoms. The van der Waals surface area contributed by atoms with Crippen LogP contribution in [0.25, 0.3) is 0 Å². The Morgan fingerprint density at radius 2 is 2.09 bits per heavy atom. The van der Waals surface area contributed by atoms with Gasteiger partial charge in [0.2, 0.25) is 0 Å². The topological polar surface area (TPSA) is 57.3 Å². The van der Waals surface area contributed by atoms with Crippen molar-refractivity contribution in [3.8, 4) is 0 Å². The summed E-state index contributed by atoms with van der Waals surface area (Å²) in [6, 6.07) is 4.33. The van der Waals surface area contributed by atoms with Gasteiger partial charge in [0.1, 0.15) is 5.69 Å². The number of carbonyl (C=O) groups excluding carboxylic acids is 1. The second kappa shape index (κ2) is 8.73. The first-order chi connectivity index (χ1) is 10.6. The lowest BCUT2D eigenvalue weighted by Crippen LogP contribution is -2.28. The quantitative estimate of drug-likeness (QED) is 0.760. The molecular formula is C17H28N4O. The monoisotopic (exact) mass is 304 g/mol. The fraction of sp³-hybridized carbons (Fsp3) is 0.647. The molecule has 1 aromatic rings. The smallest absolute Gasteiger partial charge is 0.269 e. The molecule has 1 saturated carbocycles. The van der Waals surface area contributed by atoms with Gasteiger partial charge in [-0.05, 0) is 52.0 Å². The zero-order valence-corrected chi connectivity index (χ0v) is 13.8. The highest BCUT2D eigenvalue weighted by Crippen LogP contribution is 2.21. The number of aromatic nitrogens is 1. The van der Waals surface area contributed by atoms with Crippen LogP contribution in [0.3, 0.4) is 0 Å². The van der Waals surface area contributed by atoms with Crippen molar-refractivity contribution in [2.45, 2.75) is 44.6 Å². The summed E-state index contributed by atoms with van der Waals surface area (Å²) in [6.45, 7) is 1.65. The molecule has 1 aliphatic carbocycles. The van der Waals surface area contributed by atoms with Gasteiger partial charge in [-0.25, -0.2) is 0 Å². The molecule has 5 heteroatoms. The summed E-state index contributed by atoms with van der Waals surface area (Å²) < 4.78 is 0. The van der Waals surface area contributed by atoms with Gasteiger partial charge in [0.25, 0.3) is 5.91 Å². The number of pyridine rings is 1. The van der Waals surface area contributed by atoms with Crippen LogP contribution < -0.4 is 10.6 Å². The minimum Gasteiger partial charge on any atom is -0.382 e. The van der Waals surface area contributed by atoms with E-state index in [9.17, 15) is 4.79 Å². The van der Waals surface area contributed by atoms with Crippen molar-refractivity contribution in [1.82, 2.24) is 15.2 Å². The van der Waals surface area contributed by atoms with Gasteiger partial charge >= 0.3 is 0 Å². The van der Waals surface area contributed by atoms with E-state index in [2.05, 4.69) is 20.5 Å². The van der Waals surface area contributed by atoms with Crippen LogP contribution in [-0.4, -0.2) is 49.0 Å². The SMILES string of the molecule is CN(C)CCCNC(=O)c1cc(NC2CCCCC2)ccn1. The van der Waals surface area contributed by atoms with Gasteiger partial charge in [0.15, 0.2) is 0 Å². The second-order valence-corrected chi connectivity index (χ2v) is 6.32. The molecule has 2 N–H and O–H groups in total. The van der Waals surface area contributed by atoms with Crippen LogP contribution in [0.4, 0.5) is 5.69 Å². The highest BCUT2D eigenvalue weighted by Gasteiger charge is 2.14. The Kier molecular flexibility index (Phi) is 6.65. The summed E-state index contributed by atoms with van der Waals surface area (Å²) in [5.41, 5.74) is 1.49. The molecule has 0 unspecified atom stereocenters. The number of nitrogens with one attached hydrogen (secondary N) is 2.